The Bertz CT molecular complexity index is 880. The van der Waals surface area contributed by atoms with Crippen LogP contribution in [0.5, 0.6) is 5.75 Å². The van der Waals surface area contributed by atoms with E-state index in [9.17, 15) is 4.79 Å². The number of carbonyl (C=O) groups excluding carboxylic acids is 1. The number of methoxy groups -OCH3 is 1. The number of pyridine rings is 1. The minimum absolute atomic E-state index is 0.127. The minimum atomic E-state index is -0.127. The minimum Gasteiger partial charge on any atom is -0.497 e. The van der Waals surface area contributed by atoms with E-state index < -0.39 is 0 Å². The van der Waals surface area contributed by atoms with Gasteiger partial charge in [-0.25, -0.2) is 4.98 Å². The number of aromatic nitrogens is 1. The normalized spacial score (nSPS) is 10.2. The van der Waals surface area contributed by atoms with Gasteiger partial charge in [-0.15, -0.1) is 0 Å². The molecule has 1 heterocycles. The summed E-state index contributed by atoms with van der Waals surface area (Å²) in [5.74, 6) is 1.14. The number of hydrogen-bond acceptors (Lipinski definition) is 4. The summed E-state index contributed by atoms with van der Waals surface area (Å²) in [4.78, 5) is 16.4. The lowest BCUT2D eigenvalue weighted by molar-refractivity contribution is -0.115. The maximum Gasteiger partial charge on any atom is 0.229 e. The van der Waals surface area contributed by atoms with Crippen LogP contribution in [0.15, 0.2) is 66.9 Å². The summed E-state index contributed by atoms with van der Waals surface area (Å²) in [7, 11) is 1.61. The van der Waals surface area contributed by atoms with Crippen LogP contribution in [0.25, 0.3) is 0 Å². The van der Waals surface area contributed by atoms with E-state index in [1.54, 1.807) is 19.4 Å². The number of carbonyl (C=O) groups is 1. The molecule has 0 spiro atoms. The second-order valence-corrected chi connectivity index (χ2v) is 6.08. The third kappa shape index (κ3) is 4.97. The molecule has 0 saturated carbocycles. The van der Waals surface area contributed by atoms with E-state index in [-0.39, 0.29) is 12.3 Å². The molecule has 5 nitrogen and oxygen atoms in total. The number of hydrogen-bond donors (Lipinski definition) is 2. The second-order valence-electron chi connectivity index (χ2n) is 5.64. The molecule has 0 atom stereocenters. The molecule has 0 fully saturated rings. The molecule has 0 radical (unpaired) electrons. The Kier molecular flexibility index (Phi) is 5.71. The Hall–Kier alpha value is -3.05. The van der Waals surface area contributed by atoms with Gasteiger partial charge in [0.05, 0.1) is 25.4 Å². The van der Waals surface area contributed by atoms with Gasteiger partial charge in [0.25, 0.3) is 0 Å². The predicted molar refractivity (Wildman–Crippen MR) is 104 cm³/mol. The van der Waals surface area contributed by atoms with E-state index in [1.807, 2.05) is 54.6 Å². The third-order valence-corrected chi connectivity index (χ3v) is 3.90. The van der Waals surface area contributed by atoms with Gasteiger partial charge >= 0.3 is 0 Å². The number of anilines is 3. The first-order valence-corrected chi connectivity index (χ1v) is 8.41. The summed E-state index contributed by atoms with van der Waals surface area (Å²) in [6.07, 6.45) is 1.93. The molecule has 0 bridgehead atoms. The summed E-state index contributed by atoms with van der Waals surface area (Å²) in [6, 6.07) is 18.4. The van der Waals surface area contributed by atoms with Gasteiger partial charge in [0.15, 0.2) is 0 Å². The smallest absolute Gasteiger partial charge is 0.229 e. The number of halogens is 1. The molecule has 0 unspecified atom stereocenters. The fraction of sp³-hybridized carbons (Fsp3) is 0.100. The number of ether oxygens (including phenoxy) is 1. The van der Waals surface area contributed by atoms with Crippen LogP contribution in [0.3, 0.4) is 0 Å². The first kappa shape index (κ1) is 17.8. The summed E-state index contributed by atoms with van der Waals surface area (Å²) in [6.45, 7) is 0. The van der Waals surface area contributed by atoms with Crippen molar-refractivity contribution in [3.63, 3.8) is 0 Å². The Balaban J connectivity index is 1.57. The number of benzene rings is 2. The molecule has 26 heavy (non-hydrogen) atoms. The zero-order valence-electron chi connectivity index (χ0n) is 14.2. The molecule has 0 aliphatic heterocycles. The molecule has 0 saturated heterocycles. The Morgan fingerprint density at radius 3 is 2.54 bits per heavy atom. The first-order valence-electron chi connectivity index (χ1n) is 8.04. The van der Waals surface area contributed by atoms with Crippen LogP contribution in [0.2, 0.25) is 5.02 Å². The molecule has 132 valence electrons. The largest absolute Gasteiger partial charge is 0.497 e. The molecular weight excluding hydrogens is 350 g/mol. The van der Waals surface area contributed by atoms with Crippen molar-refractivity contribution in [3.05, 3.63) is 77.4 Å². The zero-order chi connectivity index (χ0) is 18.4. The molecule has 0 aliphatic rings. The highest BCUT2D eigenvalue weighted by Gasteiger charge is 2.06. The van der Waals surface area contributed by atoms with Crippen LogP contribution in [-0.4, -0.2) is 18.0 Å². The fourth-order valence-corrected chi connectivity index (χ4v) is 2.58. The summed E-state index contributed by atoms with van der Waals surface area (Å²) in [5.41, 5.74) is 2.58. The molecule has 1 amide bonds. The van der Waals surface area contributed by atoms with Gasteiger partial charge in [0.1, 0.15) is 11.6 Å². The van der Waals surface area contributed by atoms with Crippen LogP contribution in [0.1, 0.15) is 5.56 Å². The quantitative estimate of drug-likeness (QED) is 0.664. The van der Waals surface area contributed by atoms with Gasteiger partial charge in [-0.2, -0.15) is 0 Å². The van der Waals surface area contributed by atoms with E-state index in [0.29, 0.717) is 10.8 Å². The van der Waals surface area contributed by atoms with Crippen molar-refractivity contribution in [2.24, 2.45) is 0 Å². The first-order chi connectivity index (χ1) is 12.6. The van der Waals surface area contributed by atoms with E-state index in [0.717, 1.165) is 22.7 Å². The standard InChI is InChI=1S/C20H18ClN3O2/c1-26-18-8-5-14(6-9-18)11-20(25)24-19-10-7-17(13-22-19)23-16-4-2-3-15(21)12-16/h2-10,12-13,23H,11H2,1H3,(H,22,24,25). The molecule has 1 aromatic heterocycles. The van der Waals surface area contributed by atoms with Crippen LogP contribution < -0.4 is 15.4 Å². The Labute approximate surface area is 157 Å². The fourth-order valence-electron chi connectivity index (χ4n) is 2.39. The lowest BCUT2D eigenvalue weighted by atomic mass is 10.1. The van der Waals surface area contributed by atoms with Crippen LogP contribution in [-0.2, 0) is 11.2 Å². The predicted octanol–water partition coefficient (Wildman–Crippen LogP) is 4.67. The monoisotopic (exact) mass is 367 g/mol. The average Bonchev–Trinajstić information content (AvgIpc) is 2.64. The Morgan fingerprint density at radius 2 is 1.88 bits per heavy atom. The van der Waals surface area contributed by atoms with E-state index in [2.05, 4.69) is 15.6 Å². The SMILES string of the molecule is COc1ccc(CC(=O)Nc2ccc(Nc3cccc(Cl)c3)cn2)cc1. The lowest BCUT2D eigenvalue weighted by Crippen LogP contribution is -2.15. The number of amides is 1. The maximum atomic E-state index is 12.1. The highest BCUT2D eigenvalue weighted by Crippen LogP contribution is 2.20. The lowest BCUT2D eigenvalue weighted by Gasteiger charge is -2.08. The third-order valence-electron chi connectivity index (χ3n) is 3.67. The van der Waals surface area contributed by atoms with Crippen LogP contribution in [0.4, 0.5) is 17.2 Å². The second kappa shape index (κ2) is 8.36. The maximum absolute atomic E-state index is 12.1. The highest BCUT2D eigenvalue weighted by molar-refractivity contribution is 6.30. The Morgan fingerprint density at radius 1 is 1.08 bits per heavy atom. The van der Waals surface area contributed by atoms with Crippen molar-refractivity contribution in [2.45, 2.75) is 6.42 Å². The van der Waals surface area contributed by atoms with Gasteiger partial charge in [-0.3, -0.25) is 4.79 Å². The topological polar surface area (TPSA) is 63.2 Å². The molecule has 6 heteroatoms. The summed E-state index contributed by atoms with van der Waals surface area (Å²) in [5, 5.41) is 6.65. The van der Waals surface area contributed by atoms with Crippen molar-refractivity contribution in [2.75, 3.05) is 17.7 Å². The highest BCUT2D eigenvalue weighted by atomic mass is 35.5. The van der Waals surface area contributed by atoms with Crippen molar-refractivity contribution in [1.82, 2.24) is 4.98 Å². The van der Waals surface area contributed by atoms with Gasteiger partial charge in [0.2, 0.25) is 5.91 Å². The molecule has 0 aliphatic carbocycles. The zero-order valence-corrected chi connectivity index (χ0v) is 15.0. The van der Waals surface area contributed by atoms with E-state index >= 15 is 0 Å². The van der Waals surface area contributed by atoms with Gasteiger partial charge < -0.3 is 15.4 Å². The molecule has 3 aromatic rings. The number of nitrogens with zero attached hydrogens (tertiary/aromatic N) is 1. The van der Waals surface area contributed by atoms with Crippen molar-refractivity contribution >= 4 is 34.7 Å². The molecular formula is C20H18ClN3O2. The number of nitrogens with one attached hydrogen (secondary N) is 2. The number of rotatable bonds is 6. The summed E-state index contributed by atoms with van der Waals surface area (Å²) >= 11 is 5.97. The van der Waals surface area contributed by atoms with Gasteiger partial charge in [-0.1, -0.05) is 29.8 Å². The van der Waals surface area contributed by atoms with Crippen molar-refractivity contribution in [3.8, 4) is 5.75 Å². The van der Waals surface area contributed by atoms with Crippen molar-refractivity contribution in [1.29, 1.82) is 0 Å². The van der Waals surface area contributed by atoms with Crippen LogP contribution >= 0.6 is 11.6 Å². The van der Waals surface area contributed by atoms with E-state index in [1.165, 1.54) is 0 Å². The van der Waals surface area contributed by atoms with Crippen molar-refractivity contribution < 1.29 is 9.53 Å². The molecule has 2 N–H and O–H groups in total. The average molecular weight is 368 g/mol. The van der Waals surface area contributed by atoms with Crippen LogP contribution in [0, 0.1) is 0 Å². The molecule has 2 aromatic carbocycles. The van der Waals surface area contributed by atoms with E-state index in [4.69, 9.17) is 16.3 Å². The van der Waals surface area contributed by atoms with Gasteiger partial charge in [0, 0.05) is 10.7 Å². The molecule has 3 rings (SSSR count). The van der Waals surface area contributed by atoms with Gasteiger partial charge in [-0.05, 0) is 48.0 Å². The summed E-state index contributed by atoms with van der Waals surface area (Å²) < 4.78 is 5.11.